The molecular weight excluding hydrogens is 312 g/mol. The Hall–Kier alpha value is -2.04. The van der Waals surface area contributed by atoms with E-state index < -0.39 is 0 Å². The summed E-state index contributed by atoms with van der Waals surface area (Å²) in [6, 6.07) is 15.3. The molecule has 0 spiro atoms. The van der Waals surface area contributed by atoms with E-state index in [9.17, 15) is 4.79 Å². The zero-order valence-corrected chi connectivity index (χ0v) is 13.9. The Morgan fingerprint density at radius 1 is 1.09 bits per heavy atom. The molecule has 0 bridgehead atoms. The topological polar surface area (TPSA) is 50.4 Å². The smallest absolute Gasteiger partial charge is 0.221 e. The standard InChI is InChI=1S/C18H21ClN2O2/c1-20-11-10-18(22)21-12-14-6-2-3-7-15(14)13-23-17-9-5-4-8-16(17)19/h2-9,20H,10-13H2,1H3,(H,21,22). The predicted molar refractivity (Wildman–Crippen MR) is 92.6 cm³/mol. The van der Waals surface area contributed by atoms with Gasteiger partial charge in [0.2, 0.25) is 5.91 Å². The normalized spacial score (nSPS) is 10.3. The summed E-state index contributed by atoms with van der Waals surface area (Å²) in [5.74, 6) is 0.684. The number of hydrogen-bond donors (Lipinski definition) is 2. The van der Waals surface area contributed by atoms with Crippen LogP contribution < -0.4 is 15.4 Å². The summed E-state index contributed by atoms with van der Waals surface area (Å²) in [5.41, 5.74) is 2.07. The first kappa shape index (κ1) is 17.3. The Labute approximate surface area is 141 Å². The van der Waals surface area contributed by atoms with Gasteiger partial charge < -0.3 is 15.4 Å². The highest BCUT2D eigenvalue weighted by molar-refractivity contribution is 6.32. The van der Waals surface area contributed by atoms with Crippen LogP contribution in [0.5, 0.6) is 5.75 Å². The van der Waals surface area contributed by atoms with Gasteiger partial charge in [-0.25, -0.2) is 0 Å². The van der Waals surface area contributed by atoms with Gasteiger partial charge >= 0.3 is 0 Å². The molecule has 4 nitrogen and oxygen atoms in total. The van der Waals surface area contributed by atoms with Crippen molar-refractivity contribution in [2.75, 3.05) is 13.6 Å². The minimum absolute atomic E-state index is 0.0289. The Balaban J connectivity index is 1.95. The minimum Gasteiger partial charge on any atom is -0.487 e. The molecule has 1 amide bonds. The second-order valence-corrected chi connectivity index (χ2v) is 5.53. The molecule has 5 heteroatoms. The van der Waals surface area contributed by atoms with E-state index in [4.69, 9.17) is 16.3 Å². The number of carbonyl (C=O) groups excluding carboxylic acids is 1. The first-order valence-electron chi connectivity index (χ1n) is 7.56. The maximum atomic E-state index is 11.7. The number of amides is 1. The number of ether oxygens (including phenoxy) is 1. The quantitative estimate of drug-likeness (QED) is 0.780. The van der Waals surface area contributed by atoms with Crippen LogP contribution in [0.15, 0.2) is 48.5 Å². The van der Waals surface area contributed by atoms with Crippen LogP contribution in [0.2, 0.25) is 5.02 Å². The van der Waals surface area contributed by atoms with Gasteiger partial charge in [-0.2, -0.15) is 0 Å². The lowest BCUT2D eigenvalue weighted by Crippen LogP contribution is -2.26. The zero-order valence-electron chi connectivity index (χ0n) is 13.1. The van der Waals surface area contributed by atoms with Gasteiger partial charge in [-0.15, -0.1) is 0 Å². The first-order valence-corrected chi connectivity index (χ1v) is 7.94. The highest BCUT2D eigenvalue weighted by Gasteiger charge is 2.06. The number of halogens is 1. The molecule has 122 valence electrons. The van der Waals surface area contributed by atoms with E-state index in [2.05, 4.69) is 10.6 Å². The van der Waals surface area contributed by atoms with Gasteiger partial charge in [0, 0.05) is 19.5 Å². The van der Waals surface area contributed by atoms with Gasteiger partial charge in [0.15, 0.2) is 0 Å². The maximum Gasteiger partial charge on any atom is 0.221 e. The fourth-order valence-corrected chi connectivity index (χ4v) is 2.30. The van der Waals surface area contributed by atoms with Crippen molar-refractivity contribution in [1.82, 2.24) is 10.6 Å². The number of rotatable bonds is 8. The van der Waals surface area contributed by atoms with E-state index in [1.54, 1.807) is 6.07 Å². The third-order valence-electron chi connectivity index (χ3n) is 3.42. The van der Waals surface area contributed by atoms with Crippen molar-refractivity contribution >= 4 is 17.5 Å². The average Bonchev–Trinajstić information content (AvgIpc) is 2.58. The molecule has 2 rings (SSSR count). The fraction of sp³-hybridized carbons (Fsp3) is 0.278. The predicted octanol–water partition coefficient (Wildman–Crippen LogP) is 3.14. The summed E-state index contributed by atoms with van der Waals surface area (Å²) in [5, 5.41) is 6.47. The van der Waals surface area contributed by atoms with Crippen molar-refractivity contribution in [2.24, 2.45) is 0 Å². The van der Waals surface area contributed by atoms with E-state index in [1.807, 2.05) is 49.5 Å². The summed E-state index contributed by atoms with van der Waals surface area (Å²) in [4.78, 5) is 11.7. The molecule has 0 aromatic heterocycles. The van der Waals surface area contributed by atoms with Gasteiger partial charge in [0.1, 0.15) is 12.4 Å². The van der Waals surface area contributed by atoms with E-state index in [-0.39, 0.29) is 5.91 Å². The fourth-order valence-electron chi connectivity index (χ4n) is 2.11. The van der Waals surface area contributed by atoms with Gasteiger partial charge in [0.25, 0.3) is 0 Å². The van der Waals surface area contributed by atoms with Crippen LogP contribution >= 0.6 is 11.6 Å². The average molecular weight is 333 g/mol. The molecule has 2 N–H and O–H groups in total. The van der Waals surface area contributed by atoms with Crippen molar-refractivity contribution < 1.29 is 9.53 Å². The van der Waals surface area contributed by atoms with Crippen molar-refractivity contribution in [3.63, 3.8) is 0 Å². The number of para-hydroxylation sites is 1. The second kappa shape index (κ2) is 9.18. The summed E-state index contributed by atoms with van der Waals surface area (Å²) < 4.78 is 5.78. The van der Waals surface area contributed by atoms with Crippen LogP contribution in [-0.2, 0) is 17.9 Å². The Morgan fingerprint density at radius 2 is 1.78 bits per heavy atom. The van der Waals surface area contributed by atoms with Crippen molar-refractivity contribution in [3.8, 4) is 5.75 Å². The zero-order chi connectivity index (χ0) is 16.5. The van der Waals surface area contributed by atoms with Crippen LogP contribution in [0.4, 0.5) is 0 Å². The number of hydrogen-bond acceptors (Lipinski definition) is 3. The molecule has 0 radical (unpaired) electrons. The SMILES string of the molecule is CNCCC(=O)NCc1ccccc1COc1ccccc1Cl. The monoisotopic (exact) mass is 332 g/mol. The lowest BCUT2D eigenvalue weighted by atomic mass is 10.1. The molecule has 2 aromatic carbocycles. The Morgan fingerprint density at radius 3 is 2.52 bits per heavy atom. The molecule has 0 aliphatic rings. The van der Waals surface area contributed by atoms with Gasteiger partial charge in [-0.3, -0.25) is 4.79 Å². The van der Waals surface area contributed by atoms with E-state index >= 15 is 0 Å². The van der Waals surface area contributed by atoms with Gasteiger partial charge in [0.05, 0.1) is 5.02 Å². The van der Waals surface area contributed by atoms with Gasteiger partial charge in [-0.1, -0.05) is 48.0 Å². The molecule has 0 unspecified atom stereocenters. The van der Waals surface area contributed by atoms with Crippen LogP contribution in [0.25, 0.3) is 0 Å². The molecule has 0 aliphatic carbocycles. The molecule has 0 atom stereocenters. The largest absolute Gasteiger partial charge is 0.487 e. The molecular formula is C18H21ClN2O2. The molecule has 0 heterocycles. The Kier molecular flexibility index (Phi) is 6.91. The van der Waals surface area contributed by atoms with Crippen LogP contribution in [0.1, 0.15) is 17.5 Å². The van der Waals surface area contributed by atoms with E-state index in [0.29, 0.717) is 36.9 Å². The molecule has 23 heavy (non-hydrogen) atoms. The van der Waals surface area contributed by atoms with Gasteiger partial charge in [-0.05, 0) is 30.3 Å². The van der Waals surface area contributed by atoms with Crippen molar-refractivity contribution in [3.05, 3.63) is 64.7 Å². The lowest BCUT2D eigenvalue weighted by Gasteiger charge is -2.12. The number of carbonyl (C=O) groups is 1. The van der Waals surface area contributed by atoms with Crippen LogP contribution in [0, 0.1) is 0 Å². The van der Waals surface area contributed by atoms with Crippen molar-refractivity contribution in [2.45, 2.75) is 19.6 Å². The lowest BCUT2D eigenvalue weighted by molar-refractivity contribution is -0.121. The molecule has 0 aliphatic heterocycles. The maximum absolute atomic E-state index is 11.7. The van der Waals surface area contributed by atoms with Crippen molar-refractivity contribution in [1.29, 1.82) is 0 Å². The first-order chi connectivity index (χ1) is 11.2. The van der Waals surface area contributed by atoms with E-state index in [1.165, 1.54) is 0 Å². The molecule has 0 saturated heterocycles. The molecule has 2 aromatic rings. The summed E-state index contributed by atoms with van der Waals surface area (Å²) in [6.45, 7) is 1.57. The highest BCUT2D eigenvalue weighted by atomic mass is 35.5. The number of benzene rings is 2. The van der Waals surface area contributed by atoms with E-state index in [0.717, 1.165) is 11.1 Å². The third kappa shape index (κ3) is 5.58. The summed E-state index contributed by atoms with van der Waals surface area (Å²) in [6.07, 6.45) is 0.467. The second-order valence-electron chi connectivity index (χ2n) is 5.12. The molecule has 0 fully saturated rings. The summed E-state index contributed by atoms with van der Waals surface area (Å²) >= 11 is 6.09. The third-order valence-corrected chi connectivity index (χ3v) is 3.73. The number of nitrogens with one attached hydrogen (secondary N) is 2. The van der Waals surface area contributed by atoms with Crippen LogP contribution in [-0.4, -0.2) is 19.5 Å². The molecule has 0 saturated carbocycles. The highest BCUT2D eigenvalue weighted by Crippen LogP contribution is 2.24. The summed E-state index contributed by atoms with van der Waals surface area (Å²) in [7, 11) is 1.83. The minimum atomic E-state index is 0.0289. The van der Waals surface area contributed by atoms with Crippen LogP contribution in [0.3, 0.4) is 0 Å². The Bertz CT molecular complexity index is 646.